The zero-order valence-electron chi connectivity index (χ0n) is 16.2. The molecule has 0 rings (SSSR count). The fraction of sp³-hybridized carbons (Fsp3) is 1.00. The van der Waals surface area contributed by atoms with Crippen LogP contribution in [0, 0.1) is 0 Å². The molecular formula is C20H44OSi. The van der Waals surface area contributed by atoms with Gasteiger partial charge in [0.15, 0.2) is 8.32 Å². The van der Waals surface area contributed by atoms with Gasteiger partial charge >= 0.3 is 0 Å². The summed E-state index contributed by atoms with van der Waals surface area (Å²) in [4.78, 5) is 0. The molecular weight excluding hydrogens is 284 g/mol. The van der Waals surface area contributed by atoms with E-state index in [9.17, 15) is 0 Å². The zero-order chi connectivity index (χ0) is 16.5. The van der Waals surface area contributed by atoms with Crippen LogP contribution in [-0.4, -0.2) is 14.9 Å². The van der Waals surface area contributed by atoms with Gasteiger partial charge in [-0.1, -0.05) is 97.3 Å². The van der Waals surface area contributed by atoms with E-state index in [1.807, 2.05) is 0 Å². The summed E-state index contributed by atoms with van der Waals surface area (Å²) in [7, 11) is -1.35. The quantitative estimate of drug-likeness (QED) is 0.196. The van der Waals surface area contributed by atoms with Crippen molar-refractivity contribution >= 4 is 8.32 Å². The predicted octanol–water partition coefficient (Wildman–Crippen LogP) is 7.71. The minimum atomic E-state index is -1.35. The Morgan fingerprint density at radius 3 is 1.45 bits per heavy atom. The highest BCUT2D eigenvalue weighted by Gasteiger charge is 2.21. The zero-order valence-corrected chi connectivity index (χ0v) is 17.2. The van der Waals surface area contributed by atoms with Crippen molar-refractivity contribution in [3.63, 3.8) is 0 Å². The van der Waals surface area contributed by atoms with E-state index in [1.54, 1.807) is 0 Å². The number of hydrogen-bond acceptors (Lipinski definition) is 1. The van der Waals surface area contributed by atoms with E-state index in [4.69, 9.17) is 4.43 Å². The van der Waals surface area contributed by atoms with Gasteiger partial charge in [-0.05, 0) is 25.6 Å². The molecule has 1 nitrogen and oxygen atoms in total. The van der Waals surface area contributed by atoms with Gasteiger partial charge in [0.05, 0.1) is 0 Å². The second-order valence-corrected chi connectivity index (χ2v) is 11.9. The molecule has 0 atom stereocenters. The van der Waals surface area contributed by atoms with Crippen LogP contribution in [0.1, 0.15) is 104 Å². The van der Waals surface area contributed by atoms with E-state index in [0.29, 0.717) is 0 Å². The summed E-state index contributed by atoms with van der Waals surface area (Å²) in [5.41, 5.74) is 0. The minimum absolute atomic E-state index is 1.01. The summed E-state index contributed by atoms with van der Waals surface area (Å²) in [6, 6.07) is 1.36. The molecule has 0 saturated carbocycles. The minimum Gasteiger partial charge on any atom is -0.417 e. The molecule has 0 aromatic carbocycles. The lowest BCUT2D eigenvalue weighted by Gasteiger charge is -2.22. The maximum atomic E-state index is 6.20. The Labute approximate surface area is 142 Å². The van der Waals surface area contributed by atoms with Crippen LogP contribution >= 0.6 is 0 Å². The lowest BCUT2D eigenvalue weighted by molar-refractivity contribution is 0.293. The maximum absolute atomic E-state index is 6.20. The molecule has 134 valence electrons. The van der Waals surface area contributed by atoms with Crippen LogP contribution in [0.4, 0.5) is 0 Å². The molecule has 0 N–H and O–H groups in total. The maximum Gasteiger partial charge on any atom is 0.186 e. The van der Waals surface area contributed by atoms with E-state index in [0.717, 1.165) is 6.61 Å². The topological polar surface area (TPSA) is 9.23 Å². The monoisotopic (exact) mass is 328 g/mol. The predicted molar refractivity (Wildman–Crippen MR) is 104 cm³/mol. The highest BCUT2D eigenvalue weighted by Crippen LogP contribution is 2.18. The van der Waals surface area contributed by atoms with E-state index in [1.165, 1.54) is 95.9 Å². The number of hydrogen-bond donors (Lipinski definition) is 0. The number of rotatable bonds is 17. The van der Waals surface area contributed by atoms with Crippen molar-refractivity contribution < 1.29 is 4.43 Å². The van der Waals surface area contributed by atoms with Gasteiger partial charge in [-0.3, -0.25) is 0 Å². The van der Waals surface area contributed by atoms with Gasteiger partial charge in [0.2, 0.25) is 0 Å². The average molecular weight is 329 g/mol. The van der Waals surface area contributed by atoms with Gasteiger partial charge in [0.1, 0.15) is 0 Å². The van der Waals surface area contributed by atoms with Gasteiger partial charge in [0, 0.05) is 6.61 Å². The van der Waals surface area contributed by atoms with Gasteiger partial charge in [-0.25, -0.2) is 0 Å². The lowest BCUT2D eigenvalue weighted by Crippen LogP contribution is -2.30. The smallest absolute Gasteiger partial charge is 0.186 e. The molecule has 0 aliphatic heterocycles. The van der Waals surface area contributed by atoms with Crippen molar-refractivity contribution in [2.24, 2.45) is 0 Å². The molecule has 0 bridgehead atoms. The van der Waals surface area contributed by atoms with Gasteiger partial charge < -0.3 is 4.43 Å². The highest BCUT2D eigenvalue weighted by molar-refractivity contribution is 6.71. The molecule has 0 heterocycles. The summed E-state index contributed by atoms with van der Waals surface area (Å²) in [5, 5.41) is 0. The summed E-state index contributed by atoms with van der Waals surface area (Å²) in [6.07, 6.45) is 19.6. The molecule has 0 radical (unpaired) electrons. The Bertz CT molecular complexity index is 216. The summed E-state index contributed by atoms with van der Waals surface area (Å²) >= 11 is 0. The van der Waals surface area contributed by atoms with Crippen LogP contribution < -0.4 is 0 Å². The third-order valence-corrected chi connectivity index (χ3v) is 7.17. The largest absolute Gasteiger partial charge is 0.417 e. The van der Waals surface area contributed by atoms with Crippen LogP contribution in [0.15, 0.2) is 0 Å². The van der Waals surface area contributed by atoms with Gasteiger partial charge in [-0.15, -0.1) is 0 Å². The van der Waals surface area contributed by atoms with E-state index in [2.05, 4.69) is 26.9 Å². The van der Waals surface area contributed by atoms with Crippen LogP contribution in [0.5, 0.6) is 0 Å². The molecule has 0 amide bonds. The summed E-state index contributed by atoms with van der Waals surface area (Å²) in [6.45, 7) is 10.4. The van der Waals surface area contributed by atoms with Gasteiger partial charge in [0.25, 0.3) is 0 Å². The van der Waals surface area contributed by atoms with Crippen molar-refractivity contribution in [1.82, 2.24) is 0 Å². The molecule has 0 aromatic heterocycles. The first kappa shape index (κ1) is 22.2. The Morgan fingerprint density at radius 2 is 0.955 bits per heavy atom. The summed E-state index contributed by atoms with van der Waals surface area (Å²) < 4.78 is 6.20. The third-order valence-electron chi connectivity index (χ3n) is 4.62. The van der Waals surface area contributed by atoms with Crippen LogP contribution in [0.25, 0.3) is 0 Å². The Kier molecular flexibility index (Phi) is 16.2. The first-order valence-corrected chi connectivity index (χ1v) is 13.4. The normalized spacial score (nSPS) is 12.0. The standard InChI is InChI=1S/C20H44OSi/c1-5-7-9-11-12-13-14-15-16-18-20-22(3,4)21-19-17-10-8-6-2/h5-20H2,1-4H3. The van der Waals surface area contributed by atoms with Gasteiger partial charge in [-0.2, -0.15) is 0 Å². The fourth-order valence-electron chi connectivity index (χ4n) is 2.99. The third kappa shape index (κ3) is 16.5. The van der Waals surface area contributed by atoms with Crippen LogP contribution in [0.3, 0.4) is 0 Å². The molecule has 0 spiro atoms. The molecule has 0 aliphatic carbocycles. The molecule has 0 aliphatic rings. The van der Waals surface area contributed by atoms with E-state index < -0.39 is 8.32 Å². The second-order valence-electron chi connectivity index (χ2n) is 7.60. The van der Waals surface area contributed by atoms with Crippen LogP contribution in [0.2, 0.25) is 19.1 Å². The van der Waals surface area contributed by atoms with Crippen molar-refractivity contribution in [2.45, 2.75) is 123 Å². The molecule has 0 saturated heterocycles. The second kappa shape index (κ2) is 16.0. The fourth-order valence-corrected chi connectivity index (χ4v) is 4.93. The Hall–Kier alpha value is 0.177. The first-order chi connectivity index (χ1) is 10.6. The molecule has 2 heteroatoms. The summed E-state index contributed by atoms with van der Waals surface area (Å²) in [5.74, 6) is 0. The average Bonchev–Trinajstić information content (AvgIpc) is 2.49. The van der Waals surface area contributed by atoms with Crippen LogP contribution in [-0.2, 0) is 4.43 Å². The van der Waals surface area contributed by atoms with E-state index >= 15 is 0 Å². The van der Waals surface area contributed by atoms with Crippen molar-refractivity contribution in [1.29, 1.82) is 0 Å². The van der Waals surface area contributed by atoms with Crippen molar-refractivity contribution in [3.05, 3.63) is 0 Å². The van der Waals surface area contributed by atoms with Crippen molar-refractivity contribution in [2.75, 3.05) is 6.61 Å². The molecule has 0 unspecified atom stereocenters. The first-order valence-electron chi connectivity index (χ1n) is 10.3. The lowest BCUT2D eigenvalue weighted by atomic mass is 10.1. The van der Waals surface area contributed by atoms with E-state index in [-0.39, 0.29) is 0 Å². The van der Waals surface area contributed by atoms with Crippen molar-refractivity contribution in [3.8, 4) is 0 Å². The SMILES string of the molecule is CCCCCCCCCCCC[Si](C)(C)OCCCCCC. The Balaban J connectivity index is 3.30. The highest BCUT2D eigenvalue weighted by atomic mass is 28.4. The number of unbranched alkanes of at least 4 members (excludes halogenated alkanes) is 12. The molecule has 0 aromatic rings. The molecule has 22 heavy (non-hydrogen) atoms. The molecule has 0 fully saturated rings. The Morgan fingerprint density at radius 1 is 0.545 bits per heavy atom.